The van der Waals surface area contributed by atoms with Gasteiger partial charge in [-0.3, -0.25) is 4.57 Å². The molecular weight excluding hydrogens is 398 g/mol. The van der Waals surface area contributed by atoms with Gasteiger partial charge in [-0.25, -0.2) is 14.3 Å². The zero-order valence-corrected chi connectivity index (χ0v) is 17.4. The second kappa shape index (κ2) is 9.46. The Bertz CT molecular complexity index is 1130. The fourth-order valence-corrected chi connectivity index (χ4v) is 3.93. The first-order valence-electron chi connectivity index (χ1n) is 10.1. The van der Waals surface area contributed by atoms with Gasteiger partial charge >= 0.3 is 11.7 Å². The van der Waals surface area contributed by atoms with Gasteiger partial charge in [0.25, 0.3) is 0 Å². The Morgan fingerprint density at radius 3 is 2.97 bits per heavy atom. The first-order valence-corrected chi connectivity index (χ1v) is 10.9. The number of urea groups is 1. The lowest BCUT2D eigenvalue weighted by Gasteiger charge is -2.09. The summed E-state index contributed by atoms with van der Waals surface area (Å²) < 4.78 is 3.27. The minimum Gasteiger partial charge on any atom is -0.338 e. The molecule has 0 bridgehead atoms. The minimum atomic E-state index is -0.283. The molecule has 2 aromatic heterocycles. The van der Waals surface area contributed by atoms with Gasteiger partial charge in [0.1, 0.15) is 5.82 Å². The van der Waals surface area contributed by atoms with E-state index in [9.17, 15) is 9.59 Å². The van der Waals surface area contributed by atoms with Crippen molar-refractivity contribution < 1.29 is 4.79 Å². The summed E-state index contributed by atoms with van der Waals surface area (Å²) in [5.41, 5.74) is 1.47. The number of carbonyl (C=O) groups excluding carboxylic acids is 1. The van der Waals surface area contributed by atoms with Crippen LogP contribution in [0.25, 0.3) is 0 Å². The van der Waals surface area contributed by atoms with E-state index in [0.717, 1.165) is 42.1 Å². The molecule has 0 radical (unpaired) electrons. The quantitative estimate of drug-likeness (QED) is 0.491. The molecule has 7 nitrogen and oxygen atoms in total. The van der Waals surface area contributed by atoms with Crippen molar-refractivity contribution in [1.29, 1.82) is 0 Å². The van der Waals surface area contributed by atoms with E-state index in [-0.39, 0.29) is 11.7 Å². The summed E-state index contributed by atoms with van der Waals surface area (Å²) in [6, 6.07) is 11.1. The van der Waals surface area contributed by atoms with Crippen LogP contribution < -0.4 is 16.3 Å². The zero-order chi connectivity index (χ0) is 20.8. The molecule has 0 saturated carbocycles. The van der Waals surface area contributed by atoms with Crippen molar-refractivity contribution in [3.05, 3.63) is 68.5 Å². The number of amides is 2. The molecule has 0 fully saturated rings. The van der Waals surface area contributed by atoms with Crippen molar-refractivity contribution in [3.63, 3.8) is 0 Å². The van der Waals surface area contributed by atoms with E-state index in [1.165, 1.54) is 4.68 Å². The van der Waals surface area contributed by atoms with Crippen LogP contribution in [-0.4, -0.2) is 26.9 Å². The highest BCUT2D eigenvalue weighted by Crippen LogP contribution is 2.11. The van der Waals surface area contributed by atoms with Gasteiger partial charge in [-0.05, 0) is 48.9 Å². The first-order chi connectivity index (χ1) is 14.7. The monoisotopic (exact) mass is 421 g/mol. The van der Waals surface area contributed by atoms with Crippen LogP contribution >= 0.6 is 11.3 Å². The number of anilines is 1. The number of hydrogen-bond acceptors (Lipinski definition) is 4. The fraction of sp³-hybridized carbons (Fsp3) is 0.318. The number of benzene rings is 1. The molecule has 8 heteroatoms. The van der Waals surface area contributed by atoms with Crippen molar-refractivity contribution in [3.8, 4) is 11.8 Å². The van der Waals surface area contributed by atoms with Gasteiger partial charge in [-0.1, -0.05) is 24.0 Å². The molecule has 2 N–H and O–H groups in total. The second-order valence-electron chi connectivity index (χ2n) is 7.07. The van der Waals surface area contributed by atoms with Gasteiger partial charge < -0.3 is 10.6 Å². The summed E-state index contributed by atoms with van der Waals surface area (Å²) in [5, 5.41) is 12.0. The van der Waals surface area contributed by atoms with E-state index in [2.05, 4.69) is 27.6 Å². The molecule has 4 rings (SSSR count). The summed E-state index contributed by atoms with van der Waals surface area (Å²) in [5.74, 6) is 7.08. The van der Waals surface area contributed by atoms with Crippen LogP contribution in [0.15, 0.2) is 46.6 Å². The van der Waals surface area contributed by atoms with Crippen molar-refractivity contribution in [2.75, 3.05) is 11.9 Å². The Morgan fingerprint density at radius 1 is 1.20 bits per heavy atom. The molecule has 3 aromatic rings. The molecule has 2 amide bonds. The number of nitrogens with zero attached hydrogens (tertiary/aromatic N) is 3. The van der Waals surface area contributed by atoms with Crippen molar-refractivity contribution in [2.45, 2.75) is 38.8 Å². The molecule has 154 valence electrons. The van der Waals surface area contributed by atoms with Crippen LogP contribution in [-0.2, 0) is 19.5 Å². The van der Waals surface area contributed by atoms with Crippen molar-refractivity contribution in [2.24, 2.45) is 0 Å². The van der Waals surface area contributed by atoms with Crippen LogP contribution in [0, 0.1) is 11.8 Å². The van der Waals surface area contributed by atoms with Crippen LogP contribution in [0.5, 0.6) is 0 Å². The molecule has 0 atom stereocenters. The number of hydrogen-bond donors (Lipinski definition) is 2. The molecule has 1 aromatic carbocycles. The van der Waals surface area contributed by atoms with Crippen molar-refractivity contribution >= 4 is 23.1 Å². The maximum atomic E-state index is 12.3. The zero-order valence-electron chi connectivity index (χ0n) is 16.6. The average Bonchev–Trinajstić information content (AvgIpc) is 3.38. The Kier molecular flexibility index (Phi) is 6.30. The molecule has 30 heavy (non-hydrogen) atoms. The summed E-state index contributed by atoms with van der Waals surface area (Å²) >= 11 is 1.59. The molecule has 0 aliphatic carbocycles. The molecule has 1 aliphatic rings. The first kappa shape index (κ1) is 20.0. The standard InChI is InChI=1S/C22H23N5O2S/c28-21(23-12-5-14-27-22(29)26-13-2-1-9-20(26)25-27)24-18-7-3-6-17(16-18)10-11-19-8-4-15-30-19/h3-4,6-8,15-16H,1-2,5,9,12-14H2,(H2,23,24,28). The maximum absolute atomic E-state index is 12.3. The lowest BCUT2D eigenvalue weighted by atomic mass is 10.2. The van der Waals surface area contributed by atoms with Gasteiger partial charge in [-0.15, -0.1) is 11.3 Å². The number of fused-ring (bicyclic) bond motifs is 1. The number of rotatable bonds is 5. The molecule has 1 aliphatic heterocycles. The topological polar surface area (TPSA) is 81.0 Å². The maximum Gasteiger partial charge on any atom is 0.345 e. The summed E-state index contributed by atoms with van der Waals surface area (Å²) in [6.45, 7) is 1.71. The van der Waals surface area contributed by atoms with Crippen LogP contribution in [0.2, 0.25) is 0 Å². The number of aryl methyl sites for hydroxylation is 2. The van der Waals surface area contributed by atoms with E-state index in [1.807, 2.05) is 41.8 Å². The lowest BCUT2D eigenvalue weighted by Crippen LogP contribution is -2.31. The molecule has 0 saturated heterocycles. The van der Waals surface area contributed by atoms with Crippen LogP contribution in [0.1, 0.15) is 35.5 Å². The highest BCUT2D eigenvalue weighted by molar-refractivity contribution is 7.10. The highest BCUT2D eigenvalue weighted by atomic mass is 32.1. The fourth-order valence-electron chi connectivity index (χ4n) is 3.36. The van der Waals surface area contributed by atoms with E-state index >= 15 is 0 Å². The Morgan fingerprint density at radius 2 is 2.13 bits per heavy atom. The third-order valence-corrected chi connectivity index (χ3v) is 5.62. The SMILES string of the molecule is O=C(NCCCn1nc2n(c1=O)CCCC2)Nc1cccc(C#Cc2cccs2)c1. The van der Waals surface area contributed by atoms with E-state index in [0.29, 0.717) is 25.2 Å². The summed E-state index contributed by atoms with van der Waals surface area (Å²) in [7, 11) is 0. The van der Waals surface area contributed by atoms with E-state index < -0.39 is 0 Å². The van der Waals surface area contributed by atoms with Crippen molar-refractivity contribution in [1.82, 2.24) is 19.7 Å². The number of thiophene rings is 1. The third kappa shape index (κ3) is 4.99. The van der Waals surface area contributed by atoms with Gasteiger partial charge in [0.15, 0.2) is 0 Å². The molecule has 0 spiro atoms. The summed E-state index contributed by atoms with van der Waals surface area (Å²) in [6.07, 6.45) is 3.61. The second-order valence-corrected chi connectivity index (χ2v) is 8.02. The normalized spacial score (nSPS) is 12.5. The molecular formula is C22H23N5O2S. The number of aromatic nitrogens is 3. The number of carbonyl (C=O) groups is 1. The smallest absolute Gasteiger partial charge is 0.338 e. The number of nitrogens with one attached hydrogen (secondary N) is 2. The van der Waals surface area contributed by atoms with Gasteiger partial charge in [-0.2, -0.15) is 5.10 Å². The Balaban J connectivity index is 1.25. The molecule has 0 unspecified atom stereocenters. The highest BCUT2D eigenvalue weighted by Gasteiger charge is 2.16. The van der Waals surface area contributed by atoms with Gasteiger partial charge in [0, 0.05) is 37.3 Å². The van der Waals surface area contributed by atoms with Gasteiger partial charge in [0.05, 0.1) is 4.88 Å². The van der Waals surface area contributed by atoms with Gasteiger partial charge in [0.2, 0.25) is 0 Å². The molecule has 3 heterocycles. The summed E-state index contributed by atoms with van der Waals surface area (Å²) in [4.78, 5) is 25.5. The Labute approximate surface area is 178 Å². The Hall–Kier alpha value is -3.31. The third-order valence-electron chi connectivity index (χ3n) is 4.84. The van der Waals surface area contributed by atoms with E-state index in [1.54, 1.807) is 15.9 Å². The average molecular weight is 422 g/mol. The predicted molar refractivity (Wildman–Crippen MR) is 118 cm³/mol. The van der Waals surface area contributed by atoms with Crippen LogP contribution in [0.4, 0.5) is 10.5 Å². The van der Waals surface area contributed by atoms with E-state index in [4.69, 9.17) is 0 Å². The largest absolute Gasteiger partial charge is 0.345 e. The predicted octanol–water partition coefficient (Wildman–Crippen LogP) is 3.05. The lowest BCUT2D eigenvalue weighted by molar-refractivity contribution is 0.251. The van der Waals surface area contributed by atoms with Crippen LogP contribution in [0.3, 0.4) is 0 Å². The minimum absolute atomic E-state index is 0.0466.